The van der Waals surface area contributed by atoms with Gasteiger partial charge in [-0.1, -0.05) is 103 Å². The van der Waals surface area contributed by atoms with Crippen molar-refractivity contribution in [2.75, 3.05) is 6.61 Å². The summed E-state index contributed by atoms with van der Waals surface area (Å²) in [5, 5.41) is 73.8. The van der Waals surface area contributed by atoms with Crippen LogP contribution in [0.4, 0.5) is 0 Å². The van der Waals surface area contributed by atoms with Crippen molar-refractivity contribution in [3.8, 4) is 0 Å². The number of carbonyl (C=O) groups excluding carboxylic acids is 1. The van der Waals surface area contributed by atoms with E-state index in [1.807, 2.05) is 0 Å². The normalized spacial score (nSPS) is 26.6. The van der Waals surface area contributed by atoms with Crippen LogP contribution in [0.25, 0.3) is 0 Å². The summed E-state index contributed by atoms with van der Waals surface area (Å²) in [6.07, 6.45) is 6.14. The number of hydrogen-bond donors (Lipinski definition) is 9. The average molecular weight is 698 g/mol. The summed E-state index contributed by atoms with van der Waals surface area (Å²) in [4.78, 5) is 23.1. The SMILES string of the molecule is CCCC/C=C\CCCCC(O)CC(=O)NC(COP(=O)(O)OC1C(O)C(O)C(O)C(O)C1O)C(O)CCCCCCCCCCC. The molecule has 1 amide bonds. The summed E-state index contributed by atoms with van der Waals surface area (Å²) >= 11 is 0. The van der Waals surface area contributed by atoms with Crippen molar-refractivity contribution in [2.24, 2.45) is 0 Å². The molecule has 0 aliphatic heterocycles. The second kappa shape index (κ2) is 25.1. The van der Waals surface area contributed by atoms with Gasteiger partial charge in [-0.25, -0.2) is 4.57 Å². The smallest absolute Gasteiger partial charge is 0.393 e. The van der Waals surface area contributed by atoms with Gasteiger partial charge in [0, 0.05) is 0 Å². The Kier molecular flexibility index (Phi) is 23.5. The second-order valence-corrected chi connectivity index (χ2v) is 14.3. The number of phosphoric acid groups is 1. The van der Waals surface area contributed by atoms with Crippen LogP contribution in [0.3, 0.4) is 0 Å². The van der Waals surface area contributed by atoms with E-state index in [-0.39, 0.29) is 12.8 Å². The summed E-state index contributed by atoms with van der Waals surface area (Å²) < 4.78 is 22.6. The lowest BCUT2D eigenvalue weighted by molar-refractivity contribution is -0.220. The Labute approximate surface area is 281 Å². The molecule has 0 bridgehead atoms. The third-order valence-electron chi connectivity index (χ3n) is 8.63. The van der Waals surface area contributed by atoms with Gasteiger partial charge < -0.3 is 46.0 Å². The molecule has 13 nitrogen and oxygen atoms in total. The van der Waals surface area contributed by atoms with Crippen LogP contribution in [0.15, 0.2) is 12.2 Å². The lowest BCUT2D eigenvalue weighted by atomic mass is 9.85. The standard InChI is InChI=1S/C33H64NO12P/c1-3-5-7-9-11-13-15-17-19-21-26(36)25(34-27(37)22-24(35)20-18-16-14-12-10-8-6-4-2)23-45-47(43,44)46-33-31(41)29(39)28(38)30(40)32(33)42/h10,12,24-26,28-33,35-36,38-42H,3-9,11,13-23H2,1-2H3,(H,34,37)(H,43,44)/b12-10-. The monoisotopic (exact) mass is 697 g/mol. The molecular weight excluding hydrogens is 633 g/mol. The third kappa shape index (κ3) is 18.6. The van der Waals surface area contributed by atoms with Gasteiger partial charge in [0.15, 0.2) is 0 Å². The fourth-order valence-electron chi connectivity index (χ4n) is 5.58. The minimum atomic E-state index is -5.10. The van der Waals surface area contributed by atoms with E-state index in [0.29, 0.717) is 12.8 Å². The van der Waals surface area contributed by atoms with E-state index >= 15 is 0 Å². The minimum absolute atomic E-state index is 0.237. The van der Waals surface area contributed by atoms with Crippen molar-refractivity contribution in [3.63, 3.8) is 0 Å². The van der Waals surface area contributed by atoms with Crippen LogP contribution < -0.4 is 5.32 Å². The molecule has 14 heteroatoms. The Bertz CT molecular complexity index is 880. The molecule has 1 rings (SSSR count). The molecule has 0 aromatic heterocycles. The first kappa shape index (κ1) is 44.1. The van der Waals surface area contributed by atoms with Crippen LogP contribution in [0.1, 0.15) is 129 Å². The molecule has 1 aliphatic rings. The summed E-state index contributed by atoms with van der Waals surface area (Å²) in [5.41, 5.74) is 0. The molecule has 0 radical (unpaired) electrons. The zero-order valence-electron chi connectivity index (χ0n) is 28.4. The van der Waals surface area contributed by atoms with Crippen molar-refractivity contribution in [3.05, 3.63) is 12.2 Å². The molecule has 0 heterocycles. The largest absolute Gasteiger partial charge is 0.472 e. The molecular formula is C33H64NO12P. The van der Waals surface area contributed by atoms with E-state index < -0.39 is 75.2 Å². The molecule has 0 aromatic rings. The zero-order chi connectivity index (χ0) is 35.2. The fraction of sp³-hybridized carbons (Fsp3) is 0.909. The van der Waals surface area contributed by atoms with Gasteiger partial charge >= 0.3 is 7.82 Å². The van der Waals surface area contributed by atoms with Crippen molar-refractivity contribution in [1.82, 2.24) is 5.32 Å². The first-order valence-electron chi connectivity index (χ1n) is 17.7. The summed E-state index contributed by atoms with van der Waals surface area (Å²) in [5.74, 6) is -0.580. The molecule has 0 saturated heterocycles. The van der Waals surface area contributed by atoms with Gasteiger partial charge in [0.2, 0.25) is 5.91 Å². The van der Waals surface area contributed by atoms with Crippen LogP contribution in [-0.4, -0.2) is 108 Å². The maximum absolute atomic E-state index is 12.8. The number of aliphatic hydroxyl groups excluding tert-OH is 7. The molecule has 1 fully saturated rings. The van der Waals surface area contributed by atoms with Crippen LogP contribution in [0, 0.1) is 0 Å². The van der Waals surface area contributed by atoms with E-state index in [4.69, 9.17) is 9.05 Å². The minimum Gasteiger partial charge on any atom is -0.393 e. The third-order valence-corrected chi connectivity index (χ3v) is 9.61. The molecule has 1 aliphatic carbocycles. The molecule has 8 unspecified atom stereocenters. The maximum atomic E-state index is 12.8. The number of unbranched alkanes of at least 4 members (excludes halogenated alkanes) is 12. The van der Waals surface area contributed by atoms with Gasteiger partial charge in [-0.05, 0) is 32.1 Å². The Morgan fingerprint density at radius 2 is 1.21 bits per heavy atom. The highest BCUT2D eigenvalue weighted by Crippen LogP contribution is 2.47. The van der Waals surface area contributed by atoms with E-state index in [1.165, 1.54) is 25.7 Å². The lowest BCUT2D eigenvalue weighted by Crippen LogP contribution is -2.64. The van der Waals surface area contributed by atoms with Crippen LogP contribution >= 0.6 is 7.82 Å². The number of hydrogen-bond acceptors (Lipinski definition) is 11. The van der Waals surface area contributed by atoms with Gasteiger partial charge in [-0.2, -0.15) is 0 Å². The number of amides is 1. The highest BCUT2D eigenvalue weighted by atomic mass is 31.2. The summed E-state index contributed by atoms with van der Waals surface area (Å²) in [6, 6.07) is -1.15. The Morgan fingerprint density at radius 1 is 0.723 bits per heavy atom. The highest BCUT2D eigenvalue weighted by Gasteiger charge is 2.51. The van der Waals surface area contributed by atoms with Gasteiger partial charge in [-0.15, -0.1) is 0 Å². The van der Waals surface area contributed by atoms with E-state index in [9.17, 15) is 50.0 Å². The average Bonchev–Trinajstić information content (AvgIpc) is 3.03. The molecule has 1 saturated carbocycles. The number of allylic oxidation sites excluding steroid dienone is 2. The highest BCUT2D eigenvalue weighted by molar-refractivity contribution is 7.47. The first-order valence-corrected chi connectivity index (χ1v) is 19.2. The molecule has 278 valence electrons. The van der Waals surface area contributed by atoms with Crippen LogP contribution in [0.5, 0.6) is 0 Å². The molecule has 0 aromatic carbocycles. The van der Waals surface area contributed by atoms with E-state index in [1.54, 1.807) is 0 Å². The first-order chi connectivity index (χ1) is 22.3. The Morgan fingerprint density at radius 3 is 1.79 bits per heavy atom. The predicted octanol–water partition coefficient (Wildman–Crippen LogP) is 3.13. The zero-order valence-corrected chi connectivity index (χ0v) is 29.3. The molecule has 47 heavy (non-hydrogen) atoms. The summed E-state index contributed by atoms with van der Waals surface area (Å²) in [6.45, 7) is 3.62. The number of phosphoric ester groups is 1. The summed E-state index contributed by atoms with van der Waals surface area (Å²) in [7, 11) is -5.10. The predicted molar refractivity (Wildman–Crippen MR) is 178 cm³/mol. The van der Waals surface area contributed by atoms with Gasteiger partial charge in [-0.3, -0.25) is 13.8 Å². The molecule has 0 spiro atoms. The Hall–Kier alpha value is -0.960. The van der Waals surface area contributed by atoms with Gasteiger partial charge in [0.05, 0.1) is 31.3 Å². The quantitative estimate of drug-likeness (QED) is 0.0343. The number of carbonyl (C=O) groups is 1. The molecule has 9 N–H and O–H groups in total. The van der Waals surface area contributed by atoms with Crippen molar-refractivity contribution in [2.45, 2.75) is 184 Å². The van der Waals surface area contributed by atoms with E-state index in [2.05, 4.69) is 31.3 Å². The van der Waals surface area contributed by atoms with Crippen molar-refractivity contribution < 1.29 is 59.0 Å². The van der Waals surface area contributed by atoms with Gasteiger partial charge in [0.1, 0.15) is 36.6 Å². The fourth-order valence-corrected chi connectivity index (χ4v) is 6.54. The number of aliphatic hydroxyl groups is 7. The second-order valence-electron chi connectivity index (χ2n) is 12.9. The lowest BCUT2D eigenvalue weighted by Gasteiger charge is -2.41. The van der Waals surface area contributed by atoms with Crippen LogP contribution in [0.2, 0.25) is 0 Å². The van der Waals surface area contributed by atoms with E-state index in [0.717, 1.165) is 64.2 Å². The number of rotatable bonds is 27. The van der Waals surface area contributed by atoms with Crippen molar-refractivity contribution in [1.29, 1.82) is 0 Å². The topological polar surface area (TPSA) is 226 Å². The molecule has 8 atom stereocenters. The van der Waals surface area contributed by atoms with Gasteiger partial charge in [0.25, 0.3) is 0 Å². The Balaban J connectivity index is 2.70. The maximum Gasteiger partial charge on any atom is 0.472 e. The van der Waals surface area contributed by atoms with Crippen LogP contribution in [-0.2, 0) is 18.4 Å². The number of nitrogens with one attached hydrogen (secondary N) is 1. The van der Waals surface area contributed by atoms with Crippen molar-refractivity contribution >= 4 is 13.7 Å².